The van der Waals surface area contributed by atoms with Crippen LogP contribution in [-0.4, -0.2) is 28.6 Å². The van der Waals surface area contributed by atoms with Gasteiger partial charge in [-0.05, 0) is 37.3 Å². The van der Waals surface area contributed by atoms with Crippen LogP contribution in [0.2, 0.25) is 0 Å². The molecule has 1 aromatic heterocycles. The molecule has 5 rings (SSSR count). The van der Waals surface area contributed by atoms with E-state index in [1.807, 2.05) is 24.3 Å². The molecule has 3 N–H and O–H groups in total. The van der Waals surface area contributed by atoms with Gasteiger partial charge in [-0.1, -0.05) is 42.5 Å². The standard InChI is InChI=1S/C21H23N5/c1-2-6-14(7-3-1)20-24-19-9-5-4-8-17(19)21(25-20)23-16-10-11-18-15(12-16)13-22-26-18/h1-9,15-16,18,22,26H,10-13H2,(H,23,24,25). The first kappa shape index (κ1) is 15.7. The van der Waals surface area contributed by atoms with Crippen LogP contribution in [0.3, 0.4) is 0 Å². The van der Waals surface area contributed by atoms with Gasteiger partial charge in [0.25, 0.3) is 0 Å². The number of para-hydroxylation sites is 1. The number of hydrazine groups is 1. The highest BCUT2D eigenvalue weighted by Gasteiger charge is 2.34. The fourth-order valence-electron chi connectivity index (χ4n) is 4.23. The first-order valence-corrected chi connectivity index (χ1v) is 9.44. The molecule has 3 unspecified atom stereocenters. The van der Waals surface area contributed by atoms with Crippen LogP contribution in [0.5, 0.6) is 0 Å². The van der Waals surface area contributed by atoms with Crippen LogP contribution in [0.1, 0.15) is 19.3 Å². The van der Waals surface area contributed by atoms with Gasteiger partial charge in [0.1, 0.15) is 5.82 Å². The summed E-state index contributed by atoms with van der Waals surface area (Å²) in [7, 11) is 0. The van der Waals surface area contributed by atoms with Crippen LogP contribution in [0.25, 0.3) is 22.3 Å². The lowest BCUT2D eigenvalue weighted by molar-refractivity contribution is 0.314. The zero-order valence-corrected chi connectivity index (χ0v) is 14.7. The normalized spacial score (nSPS) is 25.2. The molecule has 26 heavy (non-hydrogen) atoms. The third-order valence-electron chi connectivity index (χ3n) is 5.61. The van der Waals surface area contributed by atoms with E-state index in [0.29, 0.717) is 18.0 Å². The van der Waals surface area contributed by atoms with Gasteiger partial charge in [0, 0.05) is 29.6 Å². The smallest absolute Gasteiger partial charge is 0.162 e. The monoisotopic (exact) mass is 345 g/mol. The summed E-state index contributed by atoms with van der Waals surface area (Å²) in [5.74, 6) is 2.43. The molecule has 1 aliphatic carbocycles. The number of hydrogen-bond donors (Lipinski definition) is 3. The van der Waals surface area contributed by atoms with Crippen molar-refractivity contribution >= 4 is 16.7 Å². The van der Waals surface area contributed by atoms with Crippen molar-refractivity contribution in [3.05, 3.63) is 54.6 Å². The molecule has 3 aromatic rings. The average Bonchev–Trinajstić information content (AvgIpc) is 3.16. The Labute approximate surface area is 153 Å². The lowest BCUT2D eigenvalue weighted by Crippen LogP contribution is -2.39. The van der Waals surface area contributed by atoms with Gasteiger partial charge in [0.05, 0.1) is 5.52 Å². The summed E-state index contributed by atoms with van der Waals surface area (Å²) in [5.41, 5.74) is 8.74. The van der Waals surface area contributed by atoms with Crippen LogP contribution >= 0.6 is 0 Å². The summed E-state index contributed by atoms with van der Waals surface area (Å²) in [6, 6.07) is 19.6. The topological polar surface area (TPSA) is 61.9 Å². The molecule has 1 aliphatic heterocycles. The first-order chi connectivity index (χ1) is 12.9. The molecule has 0 radical (unpaired) electrons. The minimum Gasteiger partial charge on any atom is -0.367 e. The summed E-state index contributed by atoms with van der Waals surface area (Å²) in [4.78, 5) is 9.68. The summed E-state index contributed by atoms with van der Waals surface area (Å²) < 4.78 is 0. The summed E-state index contributed by atoms with van der Waals surface area (Å²) in [6.07, 6.45) is 3.53. The number of hydrogen-bond acceptors (Lipinski definition) is 5. The molecule has 2 aromatic carbocycles. The first-order valence-electron chi connectivity index (χ1n) is 9.44. The predicted octanol–water partition coefficient (Wildman–Crippen LogP) is 3.35. The van der Waals surface area contributed by atoms with Crippen LogP contribution in [0.4, 0.5) is 5.82 Å². The van der Waals surface area contributed by atoms with Crippen molar-refractivity contribution in [2.24, 2.45) is 5.92 Å². The molecule has 0 amide bonds. The van der Waals surface area contributed by atoms with Gasteiger partial charge in [0.15, 0.2) is 5.82 Å². The number of anilines is 1. The quantitative estimate of drug-likeness (QED) is 0.679. The highest BCUT2D eigenvalue weighted by Crippen LogP contribution is 2.31. The number of fused-ring (bicyclic) bond motifs is 2. The molecule has 132 valence electrons. The second kappa shape index (κ2) is 6.67. The Morgan fingerprint density at radius 2 is 1.77 bits per heavy atom. The fourth-order valence-corrected chi connectivity index (χ4v) is 4.23. The van der Waals surface area contributed by atoms with Gasteiger partial charge in [-0.3, -0.25) is 10.9 Å². The number of rotatable bonds is 3. The fraction of sp³-hybridized carbons (Fsp3) is 0.333. The molecule has 2 aliphatic rings. The van der Waals surface area contributed by atoms with Gasteiger partial charge >= 0.3 is 0 Å². The van der Waals surface area contributed by atoms with Crippen molar-refractivity contribution in [2.45, 2.75) is 31.3 Å². The average molecular weight is 345 g/mol. The molecule has 2 fully saturated rings. The maximum absolute atomic E-state index is 4.90. The van der Waals surface area contributed by atoms with Crippen molar-refractivity contribution in [3.8, 4) is 11.4 Å². The highest BCUT2D eigenvalue weighted by atomic mass is 15.4. The lowest BCUT2D eigenvalue weighted by atomic mass is 9.83. The Morgan fingerprint density at radius 3 is 2.69 bits per heavy atom. The maximum atomic E-state index is 4.90. The predicted molar refractivity (Wildman–Crippen MR) is 105 cm³/mol. The van der Waals surface area contributed by atoms with E-state index in [1.165, 1.54) is 12.8 Å². The Morgan fingerprint density at radius 1 is 0.923 bits per heavy atom. The molecule has 2 heterocycles. The molecule has 1 saturated heterocycles. The minimum atomic E-state index is 0.458. The summed E-state index contributed by atoms with van der Waals surface area (Å²) in [6.45, 7) is 1.06. The van der Waals surface area contributed by atoms with Gasteiger partial charge in [-0.25, -0.2) is 9.97 Å². The molecular formula is C21H23N5. The largest absolute Gasteiger partial charge is 0.367 e. The van der Waals surface area contributed by atoms with E-state index in [0.717, 1.165) is 41.1 Å². The highest BCUT2D eigenvalue weighted by molar-refractivity contribution is 5.90. The third kappa shape index (κ3) is 2.93. The number of nitrogens with zero attached hydrogens (tertiary/aromatic N) is 2. The lowest BCUT2D eigenvalue weighted by Gasteiger charge is -2.31. The Balaban J connectivity index is 1.50. The van der Waals surface area contributed by atoms with E-state index in [1.54, 1.807) is 0 Å². The van der Waals surface area contributed by atoms with Crippen molar-refractivity contribution in [1.82, 2.24) is 20.8 Å². The van der Waals surface area contributed by atoms with Gasteiger partial charge in [0.2, 0.25) is 0 Å². The van der Waals surface area contributed by atoms with Crippen molar-refractivity contribution < 1.29 is 0 Å². The number of aromatic nitrogens is 2. The second-order valence-corrected chi connectivity index (χ2v) is 7.33. The SMILES string of the molecule is c1ccc(-c2nc(NC3CCC4NNCC4C3)c3ccccc3n2)cc1. The maximum Gasteiger partial charge on any atom is 0.162 e. The zero-order valence-electron chi connectivity index (χ0n) is 14.7. The number of benzene rings is 2. The molecular weight excluding hydrogens is 322 g/mol. The van der Waals surface area contributed by atoms with E-state index in [4.69, 9.17) is 9.97 Å². The van der Waals surface area contributed by atoms with Crippen molar-refractivity contribution in [1.29, 1.82) is 0 Å². The van der Waals surface area contributed by atoms with Gasteiger partial charge < -0.3 is 5.32 Å². The zero-order chi connectivity index (χ0) is 17.3. The van der Waals surface area contributed by atoms with Gasteiger partial charge in [-0.2, -0.15) is 0 Å². The van der Waals surface area contributed by atoms with Crippen molar-refractivity contribution in [2.75, 3.05) is 11.9 Å². The molecule has 3 atom stereocenters. The molecule has 0 spiro atoms. The molecule has 5 nitrogen and oxygen atoms in total. The molecule has 0 bridgehead atoms. The van der Waals surface area contributed by atoms with E-state index in [-0.39, 0.29) is 0 Å². The Bertz CT molecular complexity index is 911. The van der Waals surface area contributed by atoms with Crippen molar-refractivity contribution in [3.63, 3.8) is 0 Å². The van der Waals surface area contributed by atoms with E-state index in [9.17, 15) is 0 Å². The Kier molecular flexibility index (Phi) is 4.03. The van der Waals surface area contributed by atoms with Crippen LogP contribution < -0.4 is 16.2 Å². The third-order valence-corrected chi connectivity index (χ3v) is 5.61. The minimum absolute atomic E-state index is 0.458. The molecule has 1 saturated carbocycles. The van der Waals surface area contributed by atoms with E-state index >= 15 is 0 Å². The van der Waals surface area contributed by atoms with Crippen LogP contribution in [0.15, 0.2) is 54.6 Å². The van der Waals surface area contributed by atoms with Gasteiger partial charge in [-0.15, -0.1) is 0 Å². The van der Waals surface area contributed by atoms with Crippen LogP contribution in [-0.2, 0) is 0 Å². The van der Waals surface area contributed by atoms with Crippen LogP contribution in [0, 0.1) is 5.92 Å². The van der Waals surface area contributed by atoms with E-state index in [2.05, 4.69) is 46.5 Å². The number of nitrogens with one attached hydrogen (secondary N) is 3. The van der Waals surface area contributed by atoms with E-state index < -0.39 is 0 Å². The summed E-state index contributed by atoms with van der Waals surface area (Å²) in [5, 5.41) is 4.83. The molecule has 5 heteroatoms. The second-order valence-electron chi connectivity index (χ2n) is 7.33. The summed E-state index contributed by atoms with van der Waals surface area (Å²) >= 11 is 0. The Hall–Kier alpha value is -2.50.